The Bertz CT molecular complexity index is 678. The fraction of sp³-hybridized carbons (Fsp3) is 0.278. The van der Waals surface area contributed by atoms with Gasteiger partial charge in [0.05, 0.1) is 7.11 Å². The van der Waals surface area contributed by atoms with Crippen molar-refractivity contribution in [3.05, 3.63) is 70.8 Å². The van der Waals surface area contributed by atoms with E-state index in [1.54, 1.807) is 0 Å². The van der Waals surface area contributed by atoms with Gasteiger partial charge in [0.15, 0.2) is 11.7 Å². The van der Waals surface area contributed by atoms with E-state index in [1.165, 1.54) is 12.7 Å². The molecule has 3 heteroatoms. The first-order valence-electron chi connectivity index (χ1n) is 6.98. The zero-order valence-electron chi connectivity index (χ0n) is 12.4. The van der Waals surface area contributed by atoms with Crippen molar-refractivity contribution in [1.29, 1.82) is 0 Å². The van der Waals surface area contributed by atoms with Crippen LogP contribution in [-0.2, 0) is 19.9 Å². The zero-order valence-corrected chi connectivity index (χ0v) is 12.4. The summed E-state index contributed by atoms with van der Waals surface area (Å²) >= 11 is 0. The second-order valence-electron chi connectivity index (χ2n) is 5.44. The molecule has 0 saturated carbocycles. The second kappa shape index (κ2) is 5.01. The minimum Gasteiger partial charge on any atom is -0.467 e. The number of benzene rings is 2. The molecule has 2 atom stereocenters. The molecule has 0 spiro atoms. The fourth-order valence-electron chi connectivity index (χ4n) is 2.97. The summed E-state index contributed by atoms with van der Waals surface area (Å²) < 4.78 is 10.7. The molecule has 0 unspecified atom stereocenters. The molecule has 0 radical (unpaired) electrons. The number of hydrogen-bond donors (Lipinski definition) is 0. The predicted molar refractivity (Wildman–Crippen MR) is 80.0 cm³/mol. The number of carbonyl (C=O) groups is 1. The Labute approximate surface area is 124 Å². The highest BCUT2D eigenvalue weighted by Gasteiger charge is 2.64. The molecule has 3 nitrogen and oxygen atoms in total. The van der Waals surface area contributed by atoms with E-state index >= 15 is 0 Å². The van der Waals surface area contributed by atoms with Crippen LogP contribution in [0.25, 0.3) is 0 Å². The van der Waals surface area contributed by atoms with Gasteiger partial charge in [0.25, 0.3) is 0 Å². The topological polar surface area (TPSA) is 38.8 Å². The van der Waals surface area contributed by atoms with Gasteiger partial charge in [0.1, 0.15) is 0 Å². The van der Waals surface area contributed by atoms with E-state index in [1.807, 2.05) is 49.4 Å². The SMILES string of the molecule is COC(=O)[C@@H]1O[C@@]1(c1ccccc1)c1ccc(C)cc1C. The Balaban J connectivity index is 2.13. The molecule has 1 aliphatic rings. The van der Waals surface area contributed by atoms with Crippen molar-refractivity contribution in [1.82, 2.24) is 0 Å². The minimum absolute atomic E-state index is 0.334. The number of hydrogen-bond acceptors (Lipinski definition) is 3. The molecule has 0 aromatic heterocycles. The molecule has 1 heterocycles. The first-order valence-corrected chi connectivity index (χ1v) is 6.98. The third kappa shape index (κ3) is 2.14. The second-order valence-corrected chi connectivity index (χ2v) is 5.44. The summed E-state index contributed by atoms with van der Waals surface area (Å²) in [4.78, 5) is 12.0. The summed E-state index contributed by atoms with van der Waals surface area (Å²) in [7, 11) is 1.39. The number of ether oxygens (including phenoxy) is 2. The quantitative estimate of drug-likeness (QED) is 0.641. The van der Waals surface area contributed by atoms with Gasteiger partial charge in [-0.25, -0.2) is 4.79 Å². The van der Waals surface area contributed by atoms with Crippen LogP contribution in [0.2, 0.25) is 0 Å². The van der Waals surface area contributed by atoms with Crippen molar-refractivity contribution in [3.63, 3.8) is 0 Å². The third-order valence-corrected chi connectivity index (χ3v) is 4.02. The first kappa shape index (κ1) is 13.8. The van der Waals surface area contributed by atoms with Crippen molar-refractivity contribution >= 4 is 5.97 Å². The Morgan fingerprint density at radius 2 is 1.86 bits per heavy atom. The molecule has 1 aliphatic heterocycles. The van der Waals surface area contributed by atoms with E-state index < -0.39 is 11.7 Å². The van der Waals surface area contributed by atoms with Gasteiger partial charge in [-0.1, -0.05) is 54.1 Å². The van der Waals surface area contributed by atoms with Crippen molar-refractivity contribution in [2.24, 2.45) is 0 Å². The van der Waals surface area contributed by atoms with Gasteiger partial charge in [0.2, 0.25) is 0 Å². The van der Waals surface area contributed by atoms with Gasteiger partial charge < -0.3 is 9.47 Å². The molecule has 108 valence electrons. The van der Waals surface area contributed by atoms with Crippen LogP contribution in [-0.4, -0.2) is 19.2 Å². The van der Waals surface area contributed by atoms with Crippen LogP contribution in [0.1, 0.15) is 22.3 Å². The highest BCUT2D eigenvalue weighted by Crippen LogP contribution is 2.53. The third-order valence-electron chi connectivity index (χ3n) is 4.02. The van der Waals surface area contributed by atoms with Gasteiger partial charge in [-0.15, -0.1) is 0 Å². The lowest BCUT2D eigenvalue weighted by Crippen LogP contribution is -2.22. The van der Waals surface area contributed by atoms with Crippen LogP contribution in [0.15, 0.2) is 48.5 Å². The van der Waals surface area contributed by atoms with E-state index in [0.29, 0.717) is 0 Å². The van der Waals surface area contributed by atoms with E-state index in [0.717, 1.165) is 16.7 Å². The molecule has 21 heavy (non-hydrogen) atoms. The number of methoxy groups -OCH3 is 1. The molecule has 0 N–H and O–H groups in total. The van der Waals surface area contributed by atoms with Crippen LogP contribution in [0, 0.1) is 13.8 Å². The van der Waals surface area contributed by atoms with Crippen LogP contribution in [0.5, 0.6) is 0 Å². The molecule has 0 aliphatic carbocycles. The molecular formula is C18H18O3. The summed E-state index contributed by atoms with van der Waals surface area (Å²) in [5, 5.41) is 0. The summed E-state index contributed by atoms with van der Waals surface area (Å²) in [6.07, 6.45) is -0.577. The number of esters is 1. The van der Waals surface area contributed by atoms with Crippen LogP contribution < -0.4 is 0 Å². The van der Waals surface area contributed by atoms with E-state index in [-0.39, 0.29) is 5.97 Å². The zero-order chi connectivity index (χ0) is 15.0. The number of epoxide rings is 1. The molecule has 1 saturated heterocycles. The number of rotatable bonds is 3. The minimum atomic E-state index is -0.716. The normalized spacial score (nSPS) is 23.7. The molecule has 0 bridgehead atoms. The fourth-order valence-corrected chi connectivity index (χ4v) is 2.97. The number of carbonyl (C=O) groups excluding carboxylic acids is 1. The maximum absolute atomic E-state index is 12.0. The standard InChI is InChI=1S/C18H18O3/c1-12-9-10-15(13(2)11-12)18(14-7-5-4-6-8-14)16(21-18)17(19)20-3/h4-11,16H,1-3H3/t16-,18-/m0/s1. The van der Waals surface area contributed by atoms with Crippen LogP contribution in [0.4, 0.5) is 0 Å². The molecule has 3 rings (SSSR count). The lowest BCUT2D eigenvalue weighted by molar-refractivity contribution is -0.142. The van der Waals surface area contributed by atoms with Gasteiger partial charge in [-0.3, -0.25) is 0 Å². The van der Waals surface area contributed by atoms with Gasteiger partial charge in [-0.05, 0) is 30.5 Å². The summed E-state index contributed by atoms with van der Waals surface area (Å²) in [6, 6.07) is 16.0. The number of aryl methyl sites for hydroxylation is 2. The first-order chi connectivity index (χ1) is 10.1. The van der Waals surface area contributed by atoms with Gasteiger partial charge >= 0.3 is 5.97 Å². The van der Waals surface area contributed by atoms with E-state index in [4.69, 9.17) is 9.47 Å². The molecular weight excluding hydrogens is 264 g/mol. The molecule has 2 aromatic carbocycles. The Morgan fingerprint density at radius 3 is 2.48 bits per heavy atom. The maximum Gasteiger partial charge on any atom is 0.338 e. The lowest BCUT2D eigenvalue weighted by Gasteiger charge is -2.17. The Kier molecular flexibility index (Phi) is 3.30. The van der Waals surface area contributed by atoms with Crippen LogP contribution in [0.3, 0.4) is 0 Å². The largest absolute Gasteiger partial charge is 0.467 e. The van der Waals surface area contributed by atoms with Crippen molar-refractivity contribution < 1.29 is 14.3 Å². The molecule has 1 fully saturated rings. The monoisotopic (exact) mass is 282 g/mol. The molecule has 2 aromatic rings. The average molecular weight is 282 g/mol. The smallest absolute Gasteiger partial charge is 0.338 e. The van der Waals surface area contributed by atoms with Crippen molar-refractivity contribution in [2.75, 3.05) is 7.11 Å². The highest BCUT2D eigenvalue weighted by molar-refractivity contribution is 5.81. The van der Waals surface area contributed by atoms with Gasteiger partial charge in [0, 0.05) is 0 Å². The summed E-state index contributed by atoms with van der Waals surface area (Å²) in [5.74, 6) is -0.334. The maximum atomic E-state index is 12.0. The molecule has 0 amide bonds. The van der Waals surface area contributed by atoms with Crippen molar-refractivity contribution in [3.8, 4) is 0 Å². The van der Waals surface area contributed by atoms with E-state index in [2.05, 4.69) is 13.0 Å². The highest BCUT2D eigenvalue weighted by atomic mass is 16.7. The Hall–Kier alpha value is -2.13. The summed E-state index contributed by atoms with van der Waals surface area (Å²) in [6.45, 7) is 4.10. The van der Waals surface area contributed by atoms with E-state index in [9.17, 15) is 4.79 Å². The average Bonchev–Trinajstić information content (AvgIpc) is 3.24. The van der Waals surface area contributed by atoms with Gasteiger partial charge in [-0.2, -0.15) is 0 Å². The lowest BCUT2D eigenvalue weighted by atomic mass is 9.85. The Morgan fingerprint density at radius 1 is 1.14 bits per heavy atom. The predicted octanol–water partition coefficient (Wildman–Crippen LogP) is 3.12. The summed E-state index contributed by atoms with van der Waals surface area (Å²) in [5.41, 5.74) is 3.59. The van der Waals surface area contributed by atoms with Crippen LogP contribution >= 0.6 is 0 Å². The van der Waals surface area contributed by atoms with Crippen molar-refractivity contribution in [2.45, 2.75) is 25.6 Å².